The molecule has 0 atom stereocenters. The molecule has 6 heteroatoms. The van der Waals surface area contributed by atoms with E-state index in [1.165, 1.54) is 6.07 Å². The zero-order valence-electron chi connectivity index (χ0n) is 11.3. The van der Waals surface area contributed by atoms with Gasteiger partial charge >= 0.3 is 5.97 Å². The summed E-state index contributed by atoms with van der Waals surface area (Å²) in [6.45, 7) is 2.20. The van der Waals surface area contributed by atoms with Crippen LogP contribution >= 0.6 is 0 Å². The van der Waals surface area contributed by atoms with Gasteiger partial charge in [0, 0.05) is 30.9 Å². The second kappa shape index (κ2) is 6.11. The van der Waals surface area contributed by atoms with Crippen molar-refractivity contribution in [3.63, 3.8) is 0 Å². The summed E-state index contributed by atoms with van der Waals surface area (Å²) in [6, 6.07) is 4.61. The van der Waals surface area contributed by atoms with Crippen molar-refractivity contribution >= 4 is 11.7 Å². The van der Waals surface area contributed by atoms with E-state index in [1.54, 1.807) is 12.1 Å². The van der Waals surface area contributed by atoms with Crippen LogP contribution in [0.15, 0.2) is 18.2 Å². The summed E-state index contributed by atoms with van der Waals surface area (Å²) in [5, 5.41) is 9.17. The Labute approximate surface area is 117 Å². The van der Waals surface area contributed by atoms with Crippen molar-refractivity contribution in [1.29, 1.82) is 0 Å². The maximum atomic E-state index is 11.2. The van der Waals surface area contributed by atoms with Crippen LogP contribution in [0.2, 0.25) is 0 Å². The summed E-state index contributed by atoms with van der Waals surface area (Å²) in [6.07, 6.45) is 1.64. The summed E-state index contributed by atoms with van der Waals surface area (Å²) in [7, 11) is 0. The SMILES string of the molecule is NCC1(COc2ccc(N)cc2C(=O)O)CCOCC1. The number of anilines is 1. The molecule has 0 bridgehead atoms. The molecule has 1 saturated heterocycles. The molecule has 0 unspecified atom stereocenters. The van der Waals surface area contributed by atoms with Crippen LogP contribution in [0.5, 0.6) is 5.75 Å². The highest BCUT2D eigenvalue weighted by molar-refractivity contribution is 5.92. The lowest BCUT2D eigenvalue weighted by Crippen LogP contribution is -2.41. The largest absolute Gasteiger partial charge is 0.492 e. The normalized spacial score (nSPS) is 17.6. The highest BCUT2D eigenvalue weighted by Crippen LogP contribution is 2.31. The summed E-state index contributed by atoms with van der Waals surface area (Å²) in [5.41, 5.74) is 11.8. The van der Waals surface area contributed by atoms with Crippen molar-refractivity contribution in [3.8, 4) is 5.75 Å². The minimum absolute atomic E-state index is 0.0734. The number of benzene rings is 1. The summed E-state index contributed by atoms with van der Waals surface area (Å²) >= 11 is 0. The van der Waals surface area contributed by atoms with Crippen LogP contribution in [0.1, 0.15) is 23.2 Å². The van der Waals surface area contributed by atoms with E-state index in [1.807, 2.05) is 0 Å². The fourth-order valence-corrected chi connectivity index (χ4v) is 2.28. The van der Waals surface area contributed by atoms with Gasteiger partial charge in [0.05, 0.1) is 6.61 Å². The Hall–Kier alpha value is -1.79. The number of rotatable bonds is 5. The highest BCUT2D eigenvalue weighted by Gasteiger charge is 2.32. The standard InChI is InChI=1S/C14H20N2O4/c15-8-14(3-5-19-6-4-14)9-20-12-2-1-10(16)7-11(12)13(17)18/h1-2,7H,3-6,8-9,15-16H2,(H,17,18). The van der Waals surface area contributed by atoms with Crippen molar-refractivity contribution in [3.05, 3.63) is 23.8 Å². The molecule has 1 aliphatic rings. The second-order valence-corrected chi connectivity index (χ2v) is 5.17. The van der Waals surface area contributed by atoms with Crippen LogP contribution in [-0.2, 0) is 4.74 Å². The molecule has 1 fully saturated rings. The van der Waals surface area contributed by atoms with Crippen LogP contribution in [-0.4, -0.2) is 37.4 Å². The maximum absolute atomic E-state index is 11.2. The van der Waals surface area contributed by atoms with Crippen LogP contribution in [0.3, 0.4) is 0 Å². The molecular formula is C14H20N2O4. The average molecular weight is 280 g/mol. The second-order valence-electron chi connectivity index (χ2n) is 5.17. The predicted octanol–water partition coefficient (Wildman–Crippen LogP) is 1.10. The van der Waals surface area contributed by atoms with Gasteiger partial charge in [0.25, 0.3) is 0 Å². The smallest absolute Gasteiger partial charge is 0.339 e. The quantitative estimate of drug-likeness (QED) is 0.697. The van der Waals surface area contributed by atoms with Crippen LogP contribution in [0.25, 0.3) is 0 Å². The molecule has 20 heavy (non-hydrogen) atoms. The summed E-state index contributed by atoms with van der Waals surface area (Å²) in [4.78, 5) is 11.2. The number of carboxylic acid groups (broad SMARTS) is 1. The van der Waals surface area contributed by atoms with Crippen molar-refractivity contribution in [1.82, 2.24) is 0 Å². The number of nitrogen functional groups attached to an aromatic ring is 1. The van der Waals surface area contributed by atoms with E-state index >= 15 is 0 Å². The number of nitrogens with two attached hydrogens (primary N) is 2. The molecule has 6 nitrogen and oxygen atoms in total. The van der Waals surface area contributed by atoms with Gasteiger partial charge in [0.15, 0.2) is 0 Å². The molecule has 0 saturated carbocycles. The van der Waals surface area contributed by atoms with Gasteiger partial charge in [-0.2, -0.15) is 0 Å². The Morgan fingerprint density at radius 1 is 1.40 bits per heavy atom. The lowest BCUT2D eigenvalue weighted by molar-refractivity contribution is -0.00524. The number of hydrogen-bond acceptors (Lipinski definition) is 5. The van der Waals surface area contributed by atoms with Crippen LogP contribution < -0.4 is 16.2 Å². The van der Waals surface area contributed by atoms with E-state index in [0.717, 1.165) is 12.8 Å². The molecule has 1 aliphatic heterocycles. The maximum Gasteiger partial charge on any atom is 0.339 e. The number of carbonyl (C=O) groups is 1. The monoisotopic (exact) mass is 280 g/mol. The van der Waals surface area contributed by atoms with Gasteiger partial charge in [0.2, 0.25) is 0 Å². The minimum Gasteiger partial charge on any atom is -0.492 e. The summed E-state index contributed by atoms with van der Waals surface area (Å²) < 4.78 is 11.0. The first-order chi connectivity index (χ1) is 9.56. The van der Waals surface area contributed by atoms with Crippen molar-refractivity contribution in [2.75, 3.05) is 32.1 Å². The van der Waals surface area contributed by atoms with E-state index in [0.29, 0.717) is 37.8 Å². The Kier molecular flexibility index (Phi) is 4.46. The Morgan fingerprint density at radius 3 is 2.70 bits per heavy atom. The van der Waals surface area contributed by atoms with Crippen LogP contribution in [0, 0.1) is 5.41 Å². The molecular weight excluding hydrogens is 260 g/mol. The van der Waals surface area contributed by atoms with E-state index in [9.17, 15) is 4.79 Å². The Bertz CT molecular complexity index is 484. The van der Waals surface area contributed by atoms with E-state index in [-0.39, 0.29) is 11.0 Å². The van der Waals surface area contributed by atoms with Gasteiger partial charge in [0.1, 0.15) is 11.3 Å². The van der Waals surface area contributed by atoms with Gasteiger partial charge in [-0.3, -0.25) is 0 Å². The first-order valence-electron chi connectivity index (χ1n) is 6.60. The third kappa shape index (κ3) is 3.20. The molecule has 0 spiro atoms. The number of ether oxygens (including phenoxy) is 2. The van der Waals surface area contributed by atoms with Gasteiger partial charge < -0.3 is 26.0 Å². The topological polar surface area (TPSA) is 108 Å². The third-order valence-corrected chi connectivity index (χ3v) is 3.75. The third-order valence-electron chi connectivity index (χ3n) is 3.75. The molecule has 1 heterocycles. The number of aromatic carboxylic acids is 1. The van der Waals surface area contributed by atoms with Gasteiger partial charge in [-0.25, -0.2) is 4.79 Å². The van der Waals surface area contributed by atoms with E-state index in [2.05, 4.69) is 0 Å². The number of hydrogen-bond donors (Lipinski definition) is 3. The molecule has 0 radical (unpaired) electrons. The highest BCUT2D eigenvalue weighted by atomic mass is 16.5. The van der Waals surface area contributed by atoms with Gasteiger partial charge in [-0.1, -0.05) is 0 Å². The molecule has 1 aromatic carbocycles. The zero-order chi connectivity index (χ0) is 14.6. The fourth-order valence-electron chi connectivity index (χ4n) is 2.28. The fraction of sp³-hybridized carbons (Fsp3) is 0.500. The molecule has 2 rings (SSSR count). The molecule has 110 valence electrons. The minimum atomic E-state index is -1.05. The average Bonchev–Trinajstić information content (AvgIpc) is 2.47. The van der Waals surface area contributed by atoms with Gasteiger partial charge in [-0.05, 0) is 31.0 Å². The lowest BCUT2D eigenvalue weighted by Gasteiger charge is -2.35. The van der Waals surface area contributed by atoms with Crippen LogP contribution in [0.4, 0.5) is 5.69 Å². The number of carboxylic acids is 1. The van der Waals surface area contributed by atoms with Crippen molar-refractivity contribution in [2.45, 2.75) is 12.8 Å². The van der Waals surface area contributed by atoms with E-state index in [4.69, 9.17) is 26.0 Å². The van der Waals surface area contributed by atoms with E-state index < -0.39 is 5.97 Å². The summed E-state index contributed by atoms with van der Waals surface area (Å²) in [5.74, 6) is -0.730. The molecule has 1 aromatic rings. The Morgan fingerprint density at radius 2 is 2.10 bits per heavy atom. The molecule has 0 aromatic heterocycles. The van der Waals surface area contributed by atoms with Crippen molar-refractivity contribution < 1.29 is 19.4 Å². The zero-order valence-corrected chi connectivity index (χ0v) is 11.3. The predicted molar refractivity (Wildman–Crippen MR) is 74.8 cm³/mol. The first-order valence-corrected chi connectivity index (χ1v) is 6.60. The molecule has 0 amide bonds. The Balaban J connectivity index is 2.11. The van der Waals surface area contributed by atoms with Gasteiger partial charge in [-0.15, -0.1) is 0 Å². The molecule has 0 aliphatic carbocycles. The lowest BCUT2D eigenvalue weighted by atomic mass is 9.81. The first kappa shape index (κ1) is 14.6. The van der Waals surface area contributed by atoms with Crippen molar-refractivity contribution in [2.24, 2.45) is 11.1 Å². The molecule has 5 N–H and O–H groups in total.